The predicted octanol–water partition coefficient (Wildman–Crippen LogP) is 0.842. The van der Waals surface area contributed by atoms with Crippen molar-refractivity contribution >= 4 is 11.9 Å². The number of carbonyl (C=O) groups is 2. The van der Waals surface area contributed by atoms with E-state index in [-0.39, 0.29) is 12.5 Å². The minimum absolute atomic E-state index is 0.140. The quantitative estimate of drug-likeness (QED) is 0.733. The van der Waals surface area contributed by atoms with Crippen molar-refractivity contribution in [1.82, 2.24) is 5.32 Å². The molecule has 1 amide bonds. The molecule has 19 heavy (non-hydrogen) atoms. The monoisotopic (exact) mass is 262 g/mol. The highest BCUT2D eigenvalue weighted by Crippen LogP contribution is 2.45. The smallest absolute Gasteiger partial charge is 0.311 e. The Labute approximate surface area is 111 Å². The average Bonchev–Trinajstić information content (AvgIpc) is 3.18. The van der Waals surface area contributed by atoms with Gasteiger partial charge in [0, 0.05) is 6.54 Å². The number of hydrogen-bond donors (Lipinski definition) is 3. The van der Waals surface area contributed by atoms with Crippen LogP contribution in [-0.4, -0.2) is 23.5 Å². The maximum Gasteiger partial charge on any atom is 0.311 e. The summed E-state index contributed by atoms with van der Waals surface area (Å²) in [7, 11) is 0. The Balaban J connectivity index is 2.02. The number of hydrogen-bond acceptors (Lipinski definition) is 3. The fraction of sp³-hybridized carbons (Fsp3) is 0.429. The minimum atomic E-state index is -1.16. The normalized spacial score (nSPS) is 19.3. The molecule has 0 aromatic heterocycles. The number of carboxylic acid groups (broad SMARTS) is 1. The first-order valence-electron chi connectivity index (χ1n) is 6.25. The third-order valence-electron chi connectivity index (χ3n) is 3.74. The molecular weight excluding hydrogens is 244 g/mol. The van der Waals surface area contributed by atoms with E-state index in [2.05, 4.69) is 5.32 Å². The summed E-state index contributed by atoms with van der Waals surface area (Å²) >= 11 is 0. The van der Waals surface area contributed by atoms with Gasteiger partial charge in [0.1, 0.15) is 5.54 Å². The first-order valence-corrected chi connectivity index (χ1v) is 6.25. The summed E-state index contributed by atoms with van der Waals surface area (Å²) in [6.45, 7) is 1.76. The molecular formula is C14H18N2O3. The second kappa shape index (κ2) is 4.66. The van der Waals surface area contributed by atoms with E-state index in [1.165, 1.54) is 0 Å². The molecule has 0 bridgehead atoms. The van der Waals surface area contributed by atoms with Gasteiger partial charge in [0.25, 0.3) is 0 Å². The lowest BCUT2D eigenvalue weighted by atomic mass is 9.92. The zero-order valence-corrected chi connectivity index (χ0v) is 10.8. The van der Waals surface area contributed by atoms with E-state index < -0.39 is 16.9 Å². The maximum atomic E-state index is 12.1. The van der Waals surface area contributed by atoms with Gasteiger partial charge in [0.2, 0.25) is 5.91 Å². The summed E-state index contributed by atoms with van der Waals surface area (Å²) in [5.41, 5.74) is 4.82. The van der Waals surface area contributed by atoms with Crippen molar-refractivity contribution in [2.75, 3.05) is 6.54 Å². The zero-order valence-electron chi connectivity index (χ0n) is 10.8. The van der Waals surface area contributed by atoms with E-state index >= 15 is 0 Å². The molecule has 1 aliphatic carbocycles. The Morgan fingerprint density at radius 2 is 1.95 bits per heavy atom. The van der Waals surface area contributed by atoms with Gasteiger partial charge in [-0.3, -0.25) is 9.59 Å². The SMILES string of the molecule is CC(N)(C(=O)NCC1(C(=O)O)CC1)c1ccccc1. The Bertz CT molecular complexity index is 493. The highest BCUT2D eigenvalue weighted by molar-refractivity contribution is 5.88. The van der Waals surface area contributed by atoms with E-state index in [0.717, 1.165) is 0 Å². The lowest BCUT2D eigenvalue weighted by Crippen LogP contribution is -2.50. The van der Waals surface area contributed by atoms with Crippen LogP contribution in [0.3, 0.4) is 0 Å². The minimum Gasteiger partial charge on any atom is -0.481 e. The van der Waals surface area contributed by atoms with Crippen LogP contribution < -0.4 is 11.1 Å². The second-order valence-corrected chi connectivity index (χ2v) is 5.34. The molecule has 5 heteroatoms. The number of nitrogens with one attached hydrogen (secondary N) is 1. The van der Waals surface area contributed by atoms with Crippen LogP contribution in [-0.2, 0) is 15.1 Å². The van der Waals surface area contributed by atoms with Crippen LogP contribution in [0.25, 0.3) is 0 Å². The van der Waals surface area contributed by atoms with E-state index in [9.17, 15) is 9.59 Å². The van der Waals surface area contributed by atoms with Crippen LogP contribution in [0.1, 0.15) is 25.3 Å². The van der Waals surface area contributed by atoms with Crippen molar-refractivity contribution in [3.63, 3.8) is 0 Å². The fourth-order valence-corrected chi connectivity index (χ4v) is 1.97. The van der Waals surface area contributed by atoms with Gasteiger partial charge in [-0.25, -0.2) is 0 Å². The van der Waals surface area contributed by atoms with Gasteiger partial charge >= 0.3 is 5.97 Å². The number of carboxylic acids is 1. The number of rotatable bonds is 5. The molecule has 0 aliphatic heterocycles. The summed E-state index contributed by atoms with van der Waals surface area (Å²) < 4.78 is 0. The van der Waals surface area contributed by atoms with Crippen LogP contribution in [0, 0.1) is 5.41 Å². The third kappa shape index (κ3) is 2.61. The molecule has 1 aromatic carbocycles. The first kappa shape index (κ1) is 13.5. The lowest BCUT2D eigenvalue weighted by molar-refractivity contribution is -0.143. The van der Waals surface area contributed by atoms with Crippen molar-refractivity contribution in [1.29, 1.82) is 0 Å². The van der Waals surface area contributed by atoms with Gasteiger partial charge < -0.3 is 16.2 Å². The lowest BCUT2D eigenvalue weighted by Gasteiger charge is -2.25. The molecule has 1 saturated carbocycles. The van der Waals surface area contributed by atoms with Gasteiger partial charge in [-0.15, -0.1) is 0 Å². The molecule has 1 atom stereocenters. The molecule has 1 aliphatic rings. The Morgan fingerprint density at radius 1 is 1.37 bits per heavy atom. The molecule has 102 valence electrons. The van der Waals surface area contributed by atoms with Crippen LogP contribution in [0.4, 0.5) is 0 Å². The molecule has 4 N–H and O–H groups in total. The Morgan fingerprint density at radius 3 is 2.42 bits per heavy atom. The van der Waals surface area contributed by atoms with E-state index in [1.54, 1.807) is 19.1 Å². The molecule has 0 saturated heterocycles. The summed E-state index contributed by atoms with van der Waals surface area (Å²) in [6.07, 6.45) is 1.21. The van der Waals surface area contributed by atoms with Crippen molar-refractivity contribution in [3.8, 4) is 0 Å². The summed E-state index contributed by atoms with van der Waals surface area (Å²) in [4.78, 5) is 23.2. The van der Waals surface area contributed by atoms with Gasteiger partial charge in [-0.05, 0) is 25.3 Å². The molecule has 0 heterocycles. The molecule has 2 rings (SSSR count). The molecule has 0 radical (unpaired) electrons. The molecule has 1 aromatic rings. The standard InChI is InChI=1S/C14H18N2O3/c1-13(15,10-5-3-2-4-6-10)11(17)16-9-14(7-8-14)12(18)19/h2-6H,7-9,15H2,1H3,(H,16,17)(H,18,19). The maximum absolute atomic E-state index is 12.1. The molecule has 5 nitrogen and oxygen atoms in total. The zero-order chi connectivity index (χ0) is 14.1. The van der Waals surface area contributed by atoms with Crippen molar-refractivity contribution in [2.45, 2.75) is 25.3 Å². The fourth-order valence-electron chi connectivity index (χ4n) is 1.97. The Kier molecular flexibility index (Phi) is 3.32. The third-order valence-corrected chi connectivity index (χ3v) is 3.74. The van der Waals surface area contributed by atoms with Gasteiger partial charge in [0.15, 0.2) is 0 Å². The topological polar surface area (TPSA) is 92.4 Å². The summed E-state index contributed by atoms with van der Waals surface area (Å²) in [6, 6.07) is 9.04. The number of nitrogens with two attached hydrogens (primary N) is 1. The molecule has 0 spiro atoms. The number of benzene rings is 1. The van der Waals surface area contributed by atoms with Crippen LogP contribution in [0.2, 0.25) is 0 Å². The number of carbonyl (C=O) groups excluding carboxylic acids is 1. The number of amides is 1. The predicted molar refractivity (Wildman–Crippen MR) is 70.3 cm³/mol. The summed E-state index contributed by atoms with van der Waals surface area (Å²) in [5, 5.41) is 11.7. The average molecular weight is 262 g/mol. The van der Waals surface area contributed by atoms with Gasteiger partial charge in [0.05, 0.1) is 5.41 Å². The molecule has 1 unspecified atom stereocenters. The first-order chi connectivity index (χ1) is 8.88. The van der Waals surface area contributed by atoms with Crippen LogP contribution in [0.15, 0.2) is 30.3 Å². The van der Waals surface area contributed by atoms with E-state index in [0.29, 0.717) is 18.4 Å². The van der Waals surface area contributed by atoms with Crippen molar-refractivity contribution in [2.24, 2.45) is 11.1 Å². The van der Waals surface area contributed by atoms with E-state index in [4.69, 9.17) is 10.8 Å². The molecule has 1 fully saturated rings. The summed E-state index contributed by atoms with van der Waals surface area (Å²) in [5.74, 6) is -1.21. The van der Waals surface area contributed by atoms with Crippen molar-refractivity contribution in [3.05, 3.63) is 35.9 Å². The highest BCUT2D eigenvalue weighted by Gasteiger charge is 2.50. The largest absolute Gasteiger partial charge is 0.481 e. The van der Waals surface area contributed by atoms with Crippen LogP contribution in [0.5, 0.6) is 0 Å². The van der Waals surface area contributed by atoms with Crippen molar-refractivity contribution < 1.29 is 14.7 Å². The second-order valence-electron chi connectivity index (χ2n) is 5.34. The number of aliphatic carboxylic acids is 1. The van der Waals surface area contributed by atoms with Gasteiger partial charge in [-0.1, -0.05) is 30.3 Å². The van der Waals surface area contributed by atoms with Gasteiger partial charge in [-0.2, -0.15) is 0 Å². The Hall–Kier alpha value is -1.88. The van der Waals surface area contributed by atoms with E-state index in [1.807, 2.05) is 18.2 Å². The van der Waals surface area contributed by atoms with Crippen LogP contribution >= 0.6 is 0 Å². The highest BCUT2D eigenvalue weighted by atomic mass is 16.4.